The van der Waals surface area contributed by atoms with Gasteiger partial charge in [0.05, 0.1) is 6.04 Å². The summed E-state index contributed by atoms with van der Waals surface area (Å²) in [5.74, 6) is 0.0230. The number of hydrogen-bond donors (Lipinski definition) is 1. The number of amides is 2. The molecule has 0 aromatic heterocycles. The molecule has 5 nitrogen and oxygen atoms in total. The fraction of sp³-hybridized carbons (Fsp3) is 0.440. The molecule has 2 atom stereocenters. The molecular weight excluding hydrogens is 395 g/mol. The maximum absolute atomic E-state index is 14.1. The Bertz CT molecular complexity index is 967. The Morgan fingerprint density at radius 2 is 1.97 bits per heavy atom. The van der Waals surface area contributed by atoms with Gasteiger partial charge in [-0.25, -0.2) is 4.39 Å². The normalized spacial score (nSPS) is 17.0. The number of halogens is 1. The van der Waals surface area contributed by atoms with Crippen LogP contribution in [-0.4, -0.2) is 35.9 Å². The van der Waals surface area contributed by atoms with Crippen LogP contribution in [-0.2, 0) is 16.0 Å². The third kappa shape index (κ3) is 5.06. The third-order valence-electron chi connectivity index (χ3n) is 5.45. The van der Waals surface area contributed by atoms with E-state index in [-0.39, 0.29) is 17.6 Å². The molecule has 31 heavy (non-hydrogen) atoms. The highest BCUT2D eigenvalue weighted by Gasteiger charge is 2.37. The van der Waals surface area contributed by atoms with Gasteiger partial charge in [-0.15, -0.1) is 0 Å². The first-order chi connectivity index (χ1) is 14.6. The van der Waals surface area contributed by atoms with Crippen molar-refractivity contribution < 1.29 is 18.7 Å². The van der Waals surface area contributed by atoms with E-state index >= 15 is 0 Å². The first-order valence-corrected chi connectivity index (χ1v) is 10.8. The van der Waals surface area contributed by atoms with Gasteiger partial charge in [0.15, 0.2) is 6.10 Å². The molecule has 2 aromatic rings. The molecule has 0 bridgehead atoms. The van der Waals surface area contributed by atoms with Gasteiger partial charge in [-0.2, -0.15) is 0 Å². The third-order valence-corrected chi connectivity index (χ3v) is 5.45. The number of nitrogens with zero attached hydrogens (tertiary/aromatic N) is 1. The summed E-state index contributed by atoms with van der Waals surface area (Å²) in [7, 11) is 0. The summed E-state index contributed by atoms with van der Waals surface area (Å²) in [5.41, 5.74) is 2.14. The van der Waals surface area contributed by atoms with Crippen LogP contribution in [0, 0.1) is 11.2 Å². The van der Waals surface area contributed by atoms with Crippen LogP contribution in [0.3, 0.4) is 0 Å². The van der Waals surface area contributed by atoms with E-state index in [9.17, 15) is 14.0 Å². The Morgan fingerprint density at radius 1 is 1.23 bits per heavy atom. The Morgan fingerprint density at radius 3 is 2.61 bits per heavy atom. The molecule has 2 amide bonds. The second kappa shape index (κ2) is 9.08. The van der Waals surface area contributed by atoms with Crippen LogP contribution in [0.5, 0.6) is 5.75 Å². The zero-order chi connectivity index (χ0) is 22.8. The minimum absolute atomic E-state index is 0.00873. The second-order valence-corrected chi connectivity index (χ2v) is 8.97. The molecule has 0 radical (unpaired) electrons. The summed E-state index contributed by atoms with van der Waals surface area (Å²) in [6.07, 6.45) is 0.0521. The van der Waals surface area contributed by atoms with Crippen LogP contribution >= 0.6 is 0 Å². The molecule has 1 aliphatic heterocycles. The van der Waals surface area contributed by atoms with E-state index in [1.54, 1.807) is 13.0 Å². The Labute approximate surface area is 183 Å². The van der Waals surface area contributed by atoms with E-state index in [0.717, 1.165) is 11.1 Å². The maximum atomic E-state index is 14.1. The zero-order valence-corrected chi connectivity index (χ0v) is 18.9. The maximum Gasteiger partial charge on any atom is 0.260 e. The fourth-order valence-corrected chi connectivity index (χ4v) is 3.93. The average molecular weight is 427 g/mol. The monoisotopic (exact) mass is 426 g/mol. The van der Waals surface area contributed by atoms with Crippen molar-refractivity contribution in [2.75, 3.05) is 13.1 Å². The largest absolute Gasteiger partial charge is 0.481 e. The smallest absolute Gasteiger partial charge is 0.260 e. The van der Waals surface area contributed by atoms with Crippen molar-refractivity contribution in [2.45, 2.75) is 53.2 Å². The SMILES string of the molecule is CCNC(=O)[C@@H](C)Oc1ccc2c(c1)[C@@H](c1cccc(F)c1)N(C(=O)C(C)(C)C)CC2. The molecule has 2 aromatic carbocycles. The van der Waals surface area contributed by atoms with Crippen LogP contribution < -0.4 is 10.1 Å². The van der Waals surface area contributed by atoms with E-state index in [2.05, 4.69) is 5.32 Å². The second-order valence-electron chi connectivity index (χ2n) is 8.97. The van der Waals surface area contributed by atoms with Crippen molar-refractivity contribution in [1.29, 1.82) is 0 Å². The minimum Gasteiger partial charge on any atom is -0.481 e. The van der Waals surface area contributed by atoms with Crippen molar-refractivity contribution in [3.8, 4) is 5.75 Å². The van der Waals surface area contributed by atoms with Crippen LogP contribution in [0.4, 0.5) is 4.39 Å². The van der Waals surface area contributed by atoms with Crippen molar-refractivity contribution in [1.82, 2.24) is 10.2 Å². The molecule has 6 heteroatoms. The van der Waals surface area contributed by atoms with Gasteiger partial charge in [0.1, 0.15) is 11.6 Å². The van der Waals surface area contributed by atoms with Crippen LogP contribution in [0.1, 0.15) is 57.4 Å². The Kier molecular flexibility index (Phi) is 6.68. The number of likely N-dealkylation sites (N-methyl/N-ethyl adjacent to an activating group) is 1. The van der Waals surface area contributed by atoms with Gasteiger partial charge in [0.25, 0.3) is 5.91 Å². The molecule has 0 saturated carbocycles. The van der Waals surface area contributed by atoms with Crippen molar-refractivity contribution in [3.63, 3.8) is 0 Å². The summed E-state index contributed by atoms with van der Waals surface area (Å²) >= 11 is 0. The molecule has 1 heterocycles. The first-order valence-electron chi connectivity index (χ1n) is 10.8. The molecule has 1 N–H and O–H groups in total. The lowest BCUT2D eigenvalue weighted by molar-refractivity contribution is -0.141. The number of benzene rings is 2. The van der Waals surface area contributed by atoms with E-state index < -0.39 is 17.6 Å². The summed E-state index contributed by atoms with van der Waals surface area (Å²) in [6, 6.07) is 11.7. The molecule has 3 rings (SSSR count). The Hall–Kier alpha value is -2.89. The molecule has 0 saturated heterocycles. The molecule has 0 fully saturated rings. The number of fused-ring (bicyclic) bond motifs is 1. The summed E-state index contributed by atoms with van der Waals surface area (Å²) in [6.45, 7) is 10.3. The number of rotatable bonds is 5. The van der Waals surface area contributed by atoms with Crippen LogP contribution in [0.2, 0.25) is 0 Å². The predicted octanol–water partition coefficient (Wildman–Crippen LogP) is 4.25. The number of nitrogens with one attached hydrogen (secondary N) is 1. The van der Waals surface area contributed by atoms with Gasteiger partial charge in [0.2, 0.25) is 5.91 Å². The van der Waals surface area contributed by atoms with Crippen molar-refractivity contribution >= 4 is 11.8 Å². The van der Waals surface area contributed by atoms with Gasteiger partial charge in [-0.3, -0.25) is 9.59 Å². The predicted molar refractivity (Wildman–Crippen MR) is 118 cm³/mol. The molecule has 166 valence electrons. The van der Waals surface area contributed by atoms with Crippen molar-refractivity contribution in [3.05, 3.63) is 65.0 Å². The highest BCUT2D eigenvalue weighted by atomic mass is 19.1. The Balaban J connectivity index is 2.03. The molecule has 0 aliphatic carbocycles. The standard InChI is InChI=1S/C25H31FN2O3/c1-6-27-23(29)16(2)31-20-11-10-17-12-13-28(24(30)25(3,4)5)22(21(17)15-20)18-8-7-9-19(26)14-18/h7-11,14-16,22H,6,12-13H2,1-5H3,(H,27,29)/t16-,22-/m1/s1. The van der Waals surface area contributed by atoms with E-state index in [0.29, 0.717) is 30.8 Å². The van der Waals surface area contributed by atoms with Gasteiger partial charge in [-0.1, -0.05) is 39.0 Å². The lowest BCUT2D eigenvalue weighted by Gasteiger charge is -2.41. The van der Waals surface area contributed by atoms with E-state index in [1.807, 2.05) is 56.9 Å². The van der Waals surface area contributed by atoms with Crippen LogP contribution in [0.15, 0.2) is 42.5 Å². The highest BCUT2D eigenvalue weighted by molar-refractivity contribution is 5.83. The van der Waals surface area contributed by atoms with Gasteiger partial charge >= 0.3 is 0 Å². The quantitative estimate of drug-likeness (QED) is 0.778. The number of hydrogen-bond acceptors (Lipinski definition) is 3. The first kappa shape index (κ1) is 22.8. The fourth-order valence-electron chi connectivity index (χ4n) is 3.93. The molecule has 0 unspecified atom stereocenters. The summed E-state index contributed by atoms with van der Waals surface area (Å²) in [5, 5.41) is 2.75. The average Bonchev–Trinajstić information content (AvgIpc) is 2.71. The van der Waals surface area contributed by atoms with Gasteiger partial charge < -0.3 is 15.0 Å². The molecule has 0 spiro atoms. The molecule has 1 aliphatic rings. The zero-order valence-electron chi connectivity index (χ0n) is 18.9. The number of carbonyl (C=O) groups excluding carboxylic acids is 2. The summed E-state index contributed by atoms with van der Waals surface area (Å²) < 4.78 is 20.0. The van der Waals surface area contributed by atoms with Crippen molar-refractivity contribution in [2.24, 2.45) is 5.41 Å². The lowest BCUT2D eigenvalue weighted by Crippen LogP contribution is -2.45. The van der Waals surface area contributed by atoms with Crippen LogP contribution in [0.25, 0.3) is 0 Å². The summed E-state index contributed by atoms with van der Waals surface area (Å²) in [4.78, 5) is 27.2. The highest BCUT2D eigenvalue weighted by Crippen LogP contribution is 2.39. The number of carbonyl (C=O) groups is 2. The van der Waals surface area contributed by atoms with E-state index in [4.69, 9.17) is 4.74 Å². The topological polar surface area (TPSA) is 58.6 Å². The van der Waals surface area contributed by atoms with Gasteiger partial charge in [-0.05, 0) is 61.2 Å². The molecular formula is C25H31FN2O3. The lowest BCUT2D eigenvalue weighted by atomic mass is 9.85. The van der Waals surface area contributed by atoms with E-state index in [1.165, 1.54) is 12.1 Å². The minimum atomic E-state index is -0.651. The van der Waals surface area contributed by atoms with Gasteiger partial charge in [0, 0.05) is 18.5 Å². The number of ether oxygens (including phenoxy) is 1.